The van der Waals surface area contributed by atoms with Crippen LogP contribution in [-0.4, -0.2) is 18.0 Å². The Labute approximate surface area is 98.0 Å². The predicted molar refractivity (Wildman–Crippen MR) is 64.2 cm³/mol. The van der Waals surface area contributed by atoms with Gasteiger partial charge in [0.25, 0.3) is 0 Å². The van der Waals surface area contributed by atoms with Gasteiger partial charge in [-0.3, -0.25) is 0 Å². The molecule has 0 aromatic heterocycles. The fourth-order valence-corrected chi connectivity index (χ4v) is 3.86. The Bertz CT molecular complexity index is 253. The SMILES string of the molecule is CC1(C)C(Cl)CC1NCC1CC2CC2C1. The van der Waals surface area contributed by atoms with Crippen molar-refractivity contribution in [1.82, 2.24) is 5.32 Å². The molecule has 3 fully saturated rings. The van der Waals surface area contributed by atoms with Gasteiger partial charge in [-0.15, -0.1) is 11.6 Å². The van der Waals surface area contributed by atoms with Crippen LogP contribution < -0.4 is 5.32 Å². The molecular weight excluding hydrogens is 206 g/mol. The Morgan fingerprint density at radius 3 is 2.33 bits per heavy atom. The van der Waals surface area contributed by atoms with E-state index in [2.05, 4.69) is 19.2 Å². The molecule has 3 aliphatic carbocycles. The van der Waals surface area contributed by atoms with Crippen molar-refractivity contribution in [3.63, 3.8) is 0 Å². The van der Waals surface area contributed by atoms with Gasteiger partial charge in [0.2, 0.25) is 0 Å². The minimum Gasteiger partial charge on any atom is -0.313 e. The van der Waals surface area contributed by atoms with Crippen LogP contribution in [0.25, 0.3) is 0 Å². The van der Waals surface area contributed by atoms with Gasteiger partial charge in [0.05, 0.1) is 0 Å². The first-order chi connectivity index (χ1) is 7.07. The van der Waals surface area contributed by atoms with Gasteiger partial charge in [0.15, 0.2) is 0 Å². The summed E-state index contributed by atoms with van der Waals surface area (Å²) in [5.74, 6) is 3.21. The molecule has 4 unspecified atom stereocenters. The lowest BCUT2D eigenvalue weighted by Gasteiger charge is -2.50. The van der Waals surface area contributed by atoms with E-state index in [9.17, 15) is 0 Å². The third-order valence-electron chi connectivity index (χ3n) is 5.14. The quantitative estimate of drug-likeness (QED) is 0.731. The van der Waals surface area contributed by atoms with Gasteiger partial charge < -0.3 is 5.32 Å². The van der Waals surface area contributed by atoms with Crippen LogP contribution in [0.2, 0.25) is 0 Å². The molecule has 1 N–H and O–H groups in total. The lowest BCUT2D eigenvalue weighted by Crippen LogP contribution is -2.58. The summed E-state index contributed by atoms with van der Waals surface area (Å²) in [7, 11) is 0. The van der Waals surface area contributed by atoms with Crippen molar-refractivity contribution in [3.8, 4) is 0 Å². The van der Waals surface area contributed by atoms with Gasteiger partial charge >= 0.3 is 0 Å². The molecule has 0 bridgehead atoms. The summed E-state index contributed by atoms with van der Waals surface area (Å²) in [6.07, 6.45) is 5.69. The molecule has 0 saturated heterocycles. The molecular formula is C13H22ClN. The van der Waals surface area contributed by atoms with Crippen molar-refractivity contribution in [1.29, 1.82) is 0 Å². The molecule has 86 valence electrons. The molecule has 3 aliphatic rings. The molecule has 0 aliphatic heterocycles. The van der Waals surface area contributed by atoms with E-state index in [4.69, 9.17) is 11.6 Å². The lowest BCUT2D eigenvalue weighted by atomic mass is 9.66. The van der Waals surface area contributed by atoms with E-state index < -0.39 is 0 Å². The minimum atomic E-state index is 0.309. The molecule has 0 heterocycles. The molecule has 0 spiro atoms. The Kier molecular flexibility index (Phi) is 2.34. The monoisotopic (exact) mass is 227 g/mol. The highest BCUT2D eigenvalue weighted by atomic mass is 35.5. The van der Waals surface area contributed by atoms with Crippen LogP contribution in [0.1, 0.15) is 39.5 Å². The molecule has 3 saturated carbocycles. The highest BCUT2D eigenvalue weighted by Crippen LogP contribution is 2.54. The maximum Gasteiger partial charge on any atom is 0.0416 e. The van der Waals surface area contributed by atoms with Crippen LogP contribution in [0, 0.1) is 23.2 Å². The summed E-state index contributed by atoms with van der Waals surface area (Å²) in [5.41, 5.74) is 0.309. The standard InChI is InChI=1S/C13H22ClN/c1-13(2)11(14)6-12(13)15-7-8-3-9-5-10(9)4-8/h8-12,15H,3-7H2,1-2H3. The van der Waals surface area contributed by atoms with Crippen LogP contribution in [0.4, 0.5) is 0 Å². The average Bonchev–Trinajstić information content (AvgIpc) is 2.81. The van der Waals surface area contributed by atoms with E-state index in [1.807, 2.05) is 0 Å². The molecule has 0 aromatic rings. The van der Waals surface area contributed by atoms with Gasteiger partial charge in [0.1, 0.15) is 0 Å². The van der Waals surface area contributed by atoms with Crippen LogP contribution >= 0.6 is 11.6 Å². The average molecular weight is 228 g/mol. The zero-order valence-electron chi connectivity index (χ0n) is 9.80. The van der Waals surface area contributed by atoms with Gasteiger partial charge in [-0.25, -0.2) is 0 Å². The number of halogens is 1. The van der Waals surface area contributed by atoms with Crippen molar-refractivity contribution < 1.29 is 0 Å². The zero-order valence-corrected chi connectivity index (χ0v) is 10.6. The fourth-order valence-electron chi connectivity index (χ4n) is 3.53. The number of hydrogen-bond acceptors (Lipinski definition) is 1. The van der Waals surface area contributed by atoms with Crippen molar-refractivity contribution in [3.05, 3.63) is 0 Å². The van der Waals surface area contributed by atoms with E-state index in [1.54, 1.807) is 0 Å². The number of hydrogen-bond donors (Lipinski definition) is 1. The maximum atomic E-state index is 6.22. The van der Waals surface area contributed by atoms with Crippen molar-refractivity contribution >= 4 is 11.6 Å². The first kappa shape index (κ1) is 10.4. The van der Waals surface area contributed by atoms with Gasteiger partial charge in [0, 0.05) is 11.4 Å². The summed E-state index contributed by atoms with van der Waals surface area (Å²) >= 11 is 6.22. The molecule has 0 amide bonds. The zero-order chi connectivity index (χ0) is 10.6. The maximum absolute atomic E-state index is 6.22. The largest absolute Gasteiger partial charge is 0.313 e. The second kappa shape index (κ2) is 3.37. The molecule has 1 nitrogen and oxygen atoms in total. The smallest absolute Gasteiger partial charge is 0.0416 e. The van der Waals surface area contributed by atoms with Crippen molar-refractivity contribution in [2.45, 2.75) is 50.9 Å². The van der Waals surface area contributed by atoms with Crippen LogP contribution in [0.3, 0.4) is 0 Å². The van der Waals surface area contributed by atoms with Crippen molar-refractivity contribution in [2.24, 2.45) is 23.2 Å². The Morgan fingerprint density at radius 2 is 1.80 bits per heavy atom. The van der Waals surface area contributed by atoms with Crippen molar-refractivity contribution in [2.75, 3.05) is 6.54 Å². The number of alkyl halides is 1. The lowest BCUT2D eigenvalue weighted by molar-refractivity contribution is 0.112. The van der Waals surface area contributed by atoms with E-state index in [-0.39, 0.29) is 0 Å². The number of nitrogens with one attached hydrogen (secondary N) is 1. The minimum absolute atomic E-state index is 0.309. The van der Waals surface area contributed by atoms with Crippen LogP contribution in [0.15, 0.2) is 0 Å². The summed E-state index contributed by atoms with van der Waals surface area (Å²) in [4.78, 5) is 0. The van der Waals surface area contributed by atoms with Gasteiger partial charge in [-0.1, -0.05) is 13.8 Å². The van der Waals surface area contributed by atoms with Gasteiger partial charge in [-0.05, 0) is 55.4 Å². The van der Waals surface area contributed by atoms with E-state index in [0.29, 0.717) is 16.8 Å². The summed E-state index contributed by atoms with van der Waals surface area (Å²) < 4.78 is 0. The highest BCUT2D eigenvalue weighted by Gasteiger charge is 2.48. The Morgan fingerprint density at radius 1 is 1.13 bits per heavy atom. The third-order valence-corrected chi connectivity index (χ3v) is 5.88. The van der Waals surface area contributed by atoms with Crippen LogP contribution in [0.5, 0.6) is 0 Å². The molecule has 0 aromatic carbocycles. The fraction of sp³-hybridized carbons (Fsp3) is 1.00. The Balaban J connectivity index is 1.43. The number of fused-ring (bicyclic) bond motifs is 1. The first-order valence-corrected chi connectivity index (χ1v) is 6.88. The normalized spacial score (nSPS) is 51.0. The van der Waals surface area contributed by atoms with Crippen LogP contribution in [-0.2, 0) is 0 Å². The molecule has 2 heteroatoms. The third kappa shape index (κ3) is 1.72. The van der Waals surface area contributed by atoms with Gasteiger partial charge in [-0.2, -0.15) is 0 Å². The predicted octanol–water partition coefficient (Wildman–Crippen LogP) is 3.03. The van der Waals surface area contributed by atoms with E-state index in [1.165, 1.54) is 25.8 Å². The second-order valence-corrected chi connectivity index (χ2v) is 7.11. The molecule has 0 radical (unpaired) electrons. The van der Waals surface area contributed by atoms with E-state index >= 15 is 0 Å². The summed E-state index contributed by atoms with van der Waals surface area (Å²) in [5, 5.41) is 4.12. The molecule has 15 heavy (non-hydrogen) atoms. The molecule has 4 atom stereocenters. The first-order valence-electron chi connectivity index (χ1n) is 6.45. The molecule has 3 rings (SSSR count). The Hall–Kier alpha value is 0.250. The second-order valence-electron chi connectivity index (χ2n) is 6.58. The highest BCUT2D eigenvalue weighted by molar-refractivity contribution is 6.21. The number of rotatable bonds is 3. The summed E-state index contributed by atoms with van der Waals surface area (Å²) in [6.45, 7) is 5.82. The van der Waals surface area contributed by atoms with E-state index in [0.717, 1.165) is 24.2 Å². The summed E-state index contributed by atoms with van der Waals surface area (Å²) in [6, 6.07) is 0.664. The topological polar surface area (TPSA) is 12.0 Å².